The Hall–Kier alpha value is -3.02. The largest absolute Gasteiger partial charge is 0.493 e. The lowest BCUT2D eigenvalue weighted by molar-refractivity contribution is -0.124. The Balaban J connectivity index is 1.78. The molecule has 0 radical (unpaired) electrons. The van der Waals surface area contributed by atoms with Crippen LogP contribution in [0.1, 0.15) is 27.0 Å². The fourth-order valence-electron chi connectivity index (χ4n) is 2.74. The van der Waals surface area contributed by atoms with E-state index in [1.165, 1.54) is 0 Å². The van der Waals surface area contributed by atoms with Gasteiger partial charge in [-0.25, -0.2) is 4.79 Å². The highest BCUT2D eigenvalue weighted by molar-refractivity contribution is 5.91. The summed E-state index contributed by atoms with van der Waals surface area (Å²) in [5.41, 5.74) is 3.40. The Kier molecular flexibility index (Phi) is 7.23. The van der Waals surface area contributed by atoms with Gasteiger partial charge in [-0.1, -0.05) is 23.3 Å². The van der Waals surface area contributed by atoms with E-state index in [2.05, 4.69) is 5.32 Å². The van der Waals surface area contributed by atoms with Crippen molar-refractivity contribution in [1.29, 1.82) is 0 Å². The maximum Gasteiger partial charge on any atom is 0.338 e. The molecule has 0 saturated carbocycles. The van der Waals surface area contributed by atoms with Crippen LogP contribution in [0.5, 0.6) is 11.5 Å². The lowest BCUT2D eigenvalue weighted by Gasteiger charge is -2.10. The normalized spacial score (nSPS) is 10.2. The van der Waals surface area contributed by atoms with Gasteiger partial charge in [-0.3, -0.25) is 4.79 Å². The zero-order chi connectivity index (χ0) is 19.8. The Bertz CT molecular complexity index is 796. The molecule has 0 bridgehead atoms. The molecule has 0 aliphatic carbocycles. The summed E-state index contributed by atoms with van der Waals surface area (Å²) in [6.07, 6.45) is 0.622. The SMILES string of the molecule is COc1ccc(CCNC(=O)COC(=O)c2cc(C)cc(C)c2)cc1OC. The van der Waals surface area contributed by atoms with Crippen LogP contribution in [0.2, 0.25) is 0 Å². The molecule has 6 nitrogen and oxygen atoms in total. The van der Waals surface area contributed by atoms with Crippen LogP contribution in [0.4, 0.5) is 0 Å². The summed E-state index contributed by atoms with van der Waals surface area (Å²) in [6.45, 7) is 3.93. The van der Waals surface area contributed by atoms with Crippen molar-refractivity contribution in [3.05, 3.63) is 58.7 Å². The summed E-state index contributed by atoms with van der Waals surface area (Å²) in [6, 6.07) is 11.0. The topological polar surface area (TPSA) is 73.9 Å². The molecule has 0 atom stereocenters. The quantitative estimate of drug-likeness (QED) is 0.723. The minimum absolute atomic E-state index is 0.308. The molecule has 1 N–H and O–H groups in total. The van der Waals surface area contributed by atoms with Gasteiger partial charge in [0.05, 0.1) is 19.8 Å². The van der Waals surface area contributed by atoms with Crippen LogP contribution in [0, 0.1) is 13.8 Å². The number of amides is 1. The molecule has 0 aliphatic rings. The molecule has 0 unspecified atom stereocenters. The minimum atomic E-state index is -0.503. The predicted octanol–water partition coefficient (Wildman–Crippen LogP) is 2.84. The van der Waals surface area contributed by atoms with Crippen LogP contribution < -0.4 is 14.8 Å². The van der Waals surface area contributed by atoms with E-state index < -0.39 is 5.97 Å². The second-order valence-electron chi connectivity index (χ2n) is 6.24. The molecule has 0 aromatic heterocycles. The molecule has 2 aromatic carbocycles. The highest BCUT2D eigenvalue weighted by Crippen LogP contribution is 2.27. The summed E-state index contributed by atoms with van der Waals surface area (Å²) in [5.74, 6) is 0.456. The third kappa shape index (κ3) is 6.02. The first-order valence-electron chi connectivity index (χ1n) is 8.66. The van der Waals surface area contributed by atoms with Crippen molar-refractivity contribution < 1.29 is 23.8 Å². The van der Waals surface area contributed by atoms with E-state index in [1.807, 2.05) is 38.1 Å². The third-order valence-electron chi connectivity index (χ3n) is 3.98. The van der Waals surface area contributed by atoms with Crippen LogP contribution in [0.3, 0.4) is 0 Å². The van der Waals surface area contributed by atoms with Crippen LogP contribution in [0.15, 0.2) is 36.4 Å². The number of aryl methyl sites for hydroxylation is 2. The third-order valence-corrected chi connectivity index (χ3v) is 3.98. The van der Waals surface area contributed by atoms with Gasteiger partial charge in [-0.15, -0.1) is 0 Å². The Morgan fingerprint density at radius 2 is 1.59 bits per heavy atom. The van der Waals surface area contributed by atoms with Crippen LogP contribution in [0.25, 0.3) is 0 Å². The van der Waals surface area contributed by atoms with Gasteiger partial charge >= 0.3 is 5.97 Å². The van der Waals surface area contributed by atoms with Gasteiger partial charge in [-0.05, 0) is 50.1 Å². The second kappa shape index (κ2) is 9.62. The molecule has 144 valence electrons. The Labute approximate surface area is 159 Å². The van der Waals surface area contributed by atoms with Crippen LogP contribution in [-0.4, -0.2) is 39.2 Å². The maximum absolute atomic E-state index is 12.1. The fraction of sp³-hybridized carbons (Fsp3) is 0.333. The Morgan fingerprint density at radius 3 is 2.22 bits per heavy atom. The molecule has 2 aromatic rings. The number of methoxy groups -OCH3 is 2. The van der Waals surface area contributed by atoms with Gasteiger partial charge in [-0.2, -0.15) is 0 Å². The van der Waals surface area contributed by atoms with Crippen molar-refractivity contribution in [2.45, 2.75) is 20.3 Å². The predicted molar refractivity (Wildman–Crippen MR) is 102 cm³/mol. The molecule has 1 amide bonds. The van der Waals surface area contributed by atoms with Crippen molar-refractivity contribution in [3.8, 4) is 11.5 Å². The molecule has 6 heteroatoms. The lowest BCUT2D eigenvalue weighted by atomic mass is 10.1. The van der Waals surface area contributed by atoms with Gasteiger partial charge < -0.3 is 19.5 Å². The molecule has 0 heterocycles. The maximum atomic E-state index is 12.1. The highest BCUT2D eigenvalue weighted by atomic mass is 16.5. The monoisotopic (exact) mass is 371 g/mol. The van der Waals surface area contributed by atoms with Gasteiger partial charge in [0.2, 0.25) is 0 Å². The summed E-state index contributed by atoms with van der Waals surface area (Å²) in [4.78, 5) is 23.9. The summed E-state index contributed by atoms with van der Waals surface area (Å²) < 4.78 is 15.5. The number of ether oxygens (including phenoxy) is 3. The molecule has 0 spiro atoms. The van der Waals surface area contributed by atoms with Gasteiger partial charge in [0.25, 0.3) is 5.91 Å². The first-order chi connectivity index (χ1) is 12.9. The molecule has 2 rings (SSSR count). The zero-order valence-electron chi connectivity index (χ0n) is 16.1. The van der Waals surface area contributed by atoms with Crippen LogP contribution in [-0.2, 0) is 16.0 Å². The molecule has 0 fully saturated rings. The summed E-state index contributed by atoms with van der Waals surface area (Å²) in [7, 11) is 3.16. The van der Waals surface area contributed by atoms with Gasteiger partial charge in [0.15, 0.2) is 18.1 Å². The smallest absolute Gasteiger partial charge is 0.338 e. The van der Waals surface area contributed by atoms with E-state index in [0.717, 1.165) is 16.7 Å². The van der Waals surface area contributed by atoms with Crippen molar-refractivity contribution in [2.24, 2.45) is 0 Å². The minimum Gasteiger partial charge on any atom is -0.493 e. The van der Waals surface area contributed by atoms with E-state index >= 15 is 0 Å². The summed E-state index contributed by atoms with van der Waals surface area (Å²) in [5, 5.41) is 2.74. The van der Waals surface area contributed by atoms with E-state index in [0.29, 0.717) is 30.0 Å². The van der Waals surface area contributed by atoms with E-state index in [-0.39, 0.29) is 12.5 Å². The van der Waals surface area contributed by atoms with Gasteiger partial charge in [0, 0.05) is 6.54 Å². The molecule has 27 heavy (non-hydrogen) atoms. The number of hydrogen-bond acceptors (Lipinski definition) is 5. The summed E-state index contributed by atoms with van der Waals surface area (Å²) >= 11 is 0. The average molecular weight is 371 g/mol. The van der Waals surface area contributed by atoms with E-state index in [4.69, 9.17) is 14.2 Å². The lowest BCUT2D eigenvalue weighted by Crippen LogP contribution is -2.30. The Morgan fingerprint density at radius 1 is 0.926 bits per heavy atom. The standard InChI is InChI=1S/C21H25NO5/c1-14-9-15(2)11-17(10-14)21(24)27-13-20(23)22-8-7-16-5-6-18(25-3)19(12-16)26-4/h5-6,9-12H,7-8,13H2,1-4H3,(H,22,23). The van der Waals surface area contributed by atoms with Crippen LogP contribution >= 0.6 is 0 Å². The average Bonchev–Trinajstić information content (AvgIpc) is 2.65. The molecule has 0 aliphatic heterocycles. The molecular formula is C21H25NO5. The number of nitrogens with one attached hydrogen (secondary N) is 1. The van der Waals surface area contributed by atoms with Crippen molar-refractivity contribution >= 4 is 11.9 Å². The number of esters is 1. The number of carbonyl (C=O) groups is 2. The van der Waals surface area contributed by atoms with Crippen molar-refractivity contribution in [1.82, 2.24) is 5.32 Å². The fourth-order valence-corrected chi connectivity index (χ4v) is 2.74. The van der Waals surface area contributed by atoms with E-state index in [9.17, 15) is 9.59 Å². The number of hydrogen-bond donors (Lipinski definition) is 1. The van der Waals surface area contributed by atoms with Crippen molar-refractivity contribution in [3.63, 3.8) is 0 Å². The molecule has 0 saturated heterocycles. The van der Waals surface area contributed by atoms with Crippen molar-refractivity contribution in [2.75, 3.05) is 27.4 Å². The second-order valence-corrected chi connectivity index (χ2v) is 6.24. The first-order valence-corrected chi connectivity index (χ1v) is 8.66. The zero-order valence-corrected chi connectivity index (χ0v) is 16.1. The number of carbonyl (C=O) groups excluding carboxylic acids is 2. The number of rotatable bonds is 8. The highest BCUT2D eigenvalue weighted by Gasteiger charge is 2.11. The van der Waals surface area contributed by atoms with Gasteiger partial charge in [0.1, 0.15) is 0 Å². The first kappa shape index (κ1) is 20.3. The van der Waals surface area contributed by atoms with E-state index in [1.54, 1.807) is 26.4 Å². The molecular weight excluding hydrogens is 346 g/mol. The number of benzene rings is 2.